The summed E-state index contributed by atoms with van der Waals surface area (Å²) in [4.78, 5) is 4.41. The summed E-state index contributed by atoms with van der Waals surface area (Å²) >= 11 is 0. The van der Waals surface area contributed by atoms with Crippen molar-refractivity contribution in [2.24, 2.45) is 0 Å². The average Bonchev–Trinajstić information content (AvgIpc) is 2.79. The van der Waals surface area contributed by atoms with Crippen molar-refractivity contribution in [1.82, 2.24) is 4.98 Å². The molecule has 6 nitrogen and oxygen atoms in total. The van der Waals surface area contributed by atoms with Gasteiger partial charge in [0.15, 0.2) is 11.5 Å². The summed E-state index contributed by atoms with van der Waals surface area (Å²) in [7, 11) is 3.14. The standard InChI is InChI=1S/C24H19N3O3/c1-28-21-12-11-20-22(16(14-25)15-26-23(20)24(21)29-2)27-17-7-6-10-19(13-17)30-18-8-4-3-5-9-18/h3-13,15H,1-2H3,(H,26,27). The Labute approximate surface area is 174 Å². The smallest absolute Gasteiger partial charge is 0.187 e. The van der Waals surface area contributed by atoms with Crippen molar-refractivity contribution in [3.63, 3.8) is 0 Å². The van der Waals surface area contributed by atoms with E-state index in [4.69, 9.17) is 14.2 Å². The zero-order valence-electron chi connectivity index (χ0n) is 16.5. The maximum absolute atomic E-state index is 9.62. The van der Waals surface area contributed by atoms with E-state index in [-0.39, 0.29) is 0 Å². The molecule has 0 saturated heterocycles. The lowest BCUT2D eigenvalue weighted by molar-refractivity contribution is 0.358. The first-order valence-corrected chi connectivity index (χ1v) is 9.27. The van der Waals surface area contributed by atoms with E-state index in [1.54, 1.807) is 20.3 Å². The normalized spacial score (nSPS) is 10.3. The molecular weight excluding hydrogens is 378 g/mol. The van der Waals surface area contributed by atoms with Crippen molar-refractivity contribution in [1.29, 1.82) is 5.26 Å². The Morgan fingerprint density at radius 1 is 0.900 bits per heavy atom. The van der Waals surface area contributed by atoms with Crippen LogP contribution in [0.4, 0.5) is 11.4 Å². The third kappa shape index (κ3) is 3.69. The van der Waals surface area contributed by atoms with Crippen LogP contribution < -0.4 is 19.5 Å². The van der Waals surface area contributed by atoms with Gasteiger partial charge in [0.2, 0.25) is 0 Å². The van der Waals surface area contributed by atoms with Gasteiger partial charge < -0.3 is 19.5 Å². The van der Waals surface area contributed by atoms with Gasteiger partial charge in [-0.2, -0.15) is 5.26 Å². The minimum atomic E-state index is 0.420. The predicted octanol–water partition coefficient (Wildman–Crippen LogP) is 5.66. The quantitative estimate of drug-likeness (QED) is 0.452. The summed E-state index contributed by atoms with van der Waals surface area (Å²) in [6.07, 6.45) is 1.52. The number of pyridine rings is 1. The molecule has 3 aromatic carbocycles. The monoisotopic (exact) mass is 397 g/mol. The number of rotatable bonds is 6. The molecule has 0 unspecified atom stereocenters. The van der Waals surface area contributed by atoms with Crippen molar-refractivity contribution in [2.45, 2.75) is 0 Å². The second-order valence-corrected chi connectivity index (χ2v) is 6.42. The van der Waals surface area contributed by atoms with Gasteiger partial charge in [0.05, 0.1) is 25.5 Å². The largest absolute Gasteiger partial charge is 0.493 e. The molecule has 148 valence electrons. The molecule has 0 amide bonds. The van der Waals surface area contributed by atoms with Gasteiger partial charge in [0.25, 0.3) is 0 Å². The Morgan fingerprint density at radius 3 is 2.43 bits per heavy atom. The lowest BCUT2D eigenvalue weighted by Gasteiger charge is -2.15. The fourth-order valence-electron chi connectivity index (χ4n) is 3.21. The number of methoxy groups -OCH3 is 2. The van der Waals surface area contributed by atoms with Gasteiger partial charge in [0, 0.05) is 23.3 Å². The van der Waals surface area contributed by atoms with Crippen molar-refractivity contribution >= 4 is 22.3 Å². The number of nitriles is 1. The second-order valence-electron chi connectivity index (χ2n) is 6.42. The molecule has 0 aliphatic heterocycles. The summed E-state index contributed by atoms with van der Waals surface area (Å²) < 4.78 is 16.8. The van der Waals surface area contributed by atoms with Crippen LogP contribution in [-0.4, -0.2) is 19.2 Å². The molecule has 30 heavy (non-hydrogen) atoms. The Hall–Kier alpha value is -4.24. The van der Waals surface area contributed by atoms with Crippen LogP contribution in [0.3, 0.4) is 0 Å². The zero-order chi connectivity index (χ0) is 20.9. The summed E-state index contributed by atoms with van der Waals surface area (Å²) in [5, 5.41) is 13.7. The summed E-state index contributed by atoms with van der Waals surface area (Å²) in [6, 6.07) is 23.0. The number of nitrogens with zero attached hydrogens (tertiary/aromatic N) is 2. The third-order valence-electron chi connectivity index (χ3n) is 4.58. The topological polar surface area (TPSA) is 76.4 Å². The second kappa shape index (κ2) is 8.41. The molecule has 0 aliphatic carbocycles. The third-order valence-corrected chi connectivity index (χ3v) is 4.58. The Bertz CT molecular complexity index is 1230. The molecule has 0 aliphatic rings. The summed E-state index contributed by atoms with van der Waals surface area (Å²) in [5.74, 6) is 2.52. The number of hydrogen-bond donors (Lipinski definition) is 1. The fraction of sp³-hybridized carbons (Fsp3) is 0.0833. The van der Waals surface area contributed by atoms with E-state index in [0.29, 0.717) is 34.0 Å². The van der Waals surface area contributed by atoms with Crippen LogP contribution in [0.2, 0.25) is 0 Å². The number of para-hydroxylation sites is 1. The van der Waals surface area contributed by atoms with Crippen LogP contribution in [0, 0.1) is 11.3 Å². The summed E-state index contributed by atoms with van der Waals surface area (Å²) in [5.41, 5.74) is 2.45. The maximum atomic E-state index is 9.62. The SMILES string of the molecule is COc1ccc2c(Nc3cccc(Oc4ccccc4)c3)c(C#N)cnc2c1OC. The van der Waals surface area contributed by atoms with E-state index in [1.165, 1.54) is 6.20 Å². The van der Waals surface area contributed by atoms with Gasteiger partial charge in [-0.25, -0.2) is 0 Å². The molecule has 1 heterocycles. The predicted molar refractivity (Wildman–Crippen MR) is 116 cm³/mol. The Kier molecular flexibility index (Phi) is 5.35. The van der Waals surface area contributed by atoms with E-state index < -0.39 is 0 Å². The number of hydrogen-bond acceptors (Lipinski definition) is 6. The molecule has 0 spiro atoms. The molecule has 0 bridgehead atoms. The van der Waals surface area contributed by atoms with E-state index >= 15 is 0 Å². The Balaban J connectivity index is 1.75. The highest BCUT2D eigenvalue weighted by Gasteiger charge is 2.16. The number of nitrogens with one attached hydrogen (secondary N) is 1. The van der Waals surface area contributed by atoms with Gasteiger partial charge in [0.1, 0.15) is 23.1 Å². The molecular formula is C24H19N3O3. The highest BCUT2D eigenvalue weighted by atomic mass is 16.5. The highest BCUT2D eigenvalue weighted by Crippen LogP contribution is 2.39. The van der Waals surface area contributed by atoms with E-state index in [9.17, 15) is 5.26 Å². The first kappa shape index (κ1) is 19.1. The number of aromatic nitrogens is 1. The molecule has 1 N–H and O–H groups in total. The van der Waals surface area contributed by atoms with Gasteiger partial charge in [-0.15, -0.1) is 0 Å². The van der Waals surface area contributed by atoms with Gasteiger partial charge in [-0.1, -0.05) is 24.3 Å². The molecule has 4 aromatic rings. The molecule has 6 heteroatoms. The lowest BCUT2D eigenvalue weighted by atomic mass is 10.1. The van der Waals surface area contributed by atoms with Crippen LogP contribution >= 0.6 is 0 Å². The minimum absolute atomic E-state index is 0.420. The summed E-state index contributed by atoms with van der Waals surface area (Å²) in [6.45, 7) is 0. The van der Waals surface area contributed by atoms with Crippen LogP contribution in [0.5, 0.6) is 23.0 Å². The number of anilines is 2. The number of fused-ring (bicyclic) bond motifs is 1. The molecule has 1 aromatic heterocycles. The molecule has 4 rings (SSSR count). The average molecular weight is 397 g/mol. The van der Waals surface area contributed by atoms with Gasteiger partial charge in [-0.3, -0.25) is 4.98 Å². The van der Waals surface area contributed by atoms with Crippen molar-refractivity contribution in [3.8, 4) is 29.1 Å². The number of benzene rings is 3. The minimum Gasteiger partial charge on any atom is -0.493 e. The Morgan fingerprint density at radius 2 is 1.70 bits per heavy atom. The van der Waals surface area contributed by atoms with Crippen molar-refractivity contribution < 1.29 is 14.2 Å². The van der Waals surface area contributed by atoms with Crippen molar-refractivity contribution in [3.05, 3.63) is 78.5 Å². The van der Waals surface area contributed by atoms with E-state index in [2.05, 4.69) is 16.4 Å². The van der Waals surface area contributed by atoms with E-state index in [1.807, 2.05) is 60.7 Å². The van der Waals surface area contributed by atoms with Crippen LogP contribution in [0.25, 0.3) is 10.9 Å². The van der Waals surface area contributed by atoms with Gasteiger partial charge in [-0.05, 0) is 36.4 Å². The molecule has 0 saturated carbocycles. The first-order chi connectivity index (χ1) is 14.7. The molecule has 0 fully saturated rings. The van der Waals surface area contributed by atoms with Crippen LogP contribution in [-0.2, 0) is 0 Å². The van der Waals surface area contributed by atoms with Gasteiger partial charge >= 0.3 is 0 Å². The van der Waals surface area contributed by atoms with Crippen LogP contribution in [0.15, 0.2) is 72.9 Å². The molecule has 0 atom stereocenters. The number of ether oxygens (including phenoxy) is 3. The van der Waals surface area contributed by atoms with Crippen molar-refractivity contribution in [2.75, 3.05) is 19.5 Å². The van der Waals surface area contributed by atoms with E-state index in [0.717, 1.165) is 16.8 Å². The lowest BCUT2D eigenvalue weighted by Crippen LogP contribution is -1.99. The first-order valence-electron chi connectivity index (χ1n) is 9.27. The zero-order valence-corrected chi connectivity index (χ0v) is 16.5. The molecule has 0 radical (unpaired) electrons. The highest BCUT2D eigenvalue weighted by molar-refractivity contribution is 5.99. The van der Waals surface area contributed by atoms with Crippen LogP contribution in [0.1, 0.15) is 5.56 Å². The fourth-order valence-corrected chi connectivity index (χ4v) is 3.21. The maximum Gasteiger partial charge on any atom is 0.187 e.